The van der Waals surface area contributed by atoms with Gasteiger partial charge < -0.3 is 14.2 Å². The van der Waals surface area contributed by atoms with Crippen LogP contribution in [-0.4, -0.2) is 25.5 Å². The molecule has 0 heterocycles. The second-order valence-corrected chi connectivity index (χ2v) is 7.85. The van der Waals surface area contributed by atoms with Crippen molar-refractivity contribution in [3.8, 4) is 0 Å². The molecule has 0 fully saturated rings. The Labute approximate surface area is 167 Å². The third kappa shape index (κ3) is 4.90. The molecule has 0 amide bonds. The van der Waals surface area contributed by atoms with Crippen LogP contribution in [0.4, 0.5) is 0 Å². The van der Waals surface area contributed by atoms with E-state index in [1.807, 2.05) is 30.3 Å². The molecule has 0 aliphatic rings. The Balaban J connectivity index is 2.33. The zero-order chi connectivity index (χ0) is 20.9. The molecule has 2 aromatic rings. The molecule has 0 bridgehead atoms. The number of hydrogen-bond donors (Lipinski definition) is 0. The maximum atomic E-state index is 12.8. The fourth-order valence-corrected chi connectivity index (χ4v) is 3.12. The molecule has 0 aliphatic carbocycles. The van der Waals surface area contributed by atoms with E-state index < -0.39 is 23.8 Å². The van der Waals surface area contributed by atoms with Crippen molar-refractivity contribution < 1.29 is 23.8 Å². The third-order valence-electron chi connectivity index (χ3n) is 4.81. The third-order valence-corrected chi connectivity index (χ3v) is 4.81. The van der Waals surface area contributed by atoms with Crippen LogP contribution in [0.25, 0.3) is 10.8 Å². The Morgan fingerprint density at radius 2 is 1.54 bits per heavy atom. The summed E-state index contributed by atoms with van der Waals surface area (Å²) < 4.78 is 15.5. The first-order valence-electron chi connectivity index (χ1n) is 9.69. The first-order chi connectivity index (χ1) is 13.2. The number of esters is 2. The average molecular weight is 386 g/mol. The van der Waals surface area contributed by atoms with Crippen LogP contribution in [-0.2, 0) is 19.0 Å². The molecule has 1 atom stereocenters. The number of carbonyl (C=O) groups is 2. The number of ether oxygens (including phenoxy) is 3. The Bertz CT molecular complexity index is 830. The minimum atomic E-state index is -1.39. The lowest BCUT2D eigenvalue weighted by Crippen LogP contribution is -2.32. The highest BCUT2D eigenvalue weighted by molar-refractivity contribution is 6.05. The molecule has 0 aliphatic heterocycles. The molecule has 0 spiro atoms. The predicted molar refractivity (Wildman–Crippen MR) is 109 cm³/mol. The van der Waals surface area contributed by atoms with Gasteiger partial charge in [-0.3, -0.25) is 4.79 Å². The number of benzene rings is 2. The lowest BCUT2D eigenvalue weighted by atomic mass is 9.88. The normalized spacial score (nSPS) is 12.8. The summed E-state index contributed by atoms with van der Waals surface area (Å²) in [6.45, 7) is 8.09. The molecule has 0 saturated heterocycles. The molecule has 0 aromatic heterocycles. The van der Waals surface area contributed by atoms with Crippen LogP contribution in [0.2, 0.25) is 0 Å². The maximum Gasteiger partial charge on any atom is 0.365 e. The SMILES string of the molecule is CCC(CC)c1ccc(C(=O)OC(OC)OC(=O)C(C)(C)C)c2ccccc12. The molecular weight excluding hydrogens is 356 g/mol. The first-order valence-corrected chi connectivity index (χ1v) is 9.69. The lowest BCUT2D eigenvalue weighted by Gasteiger charge is -2.22. The van der Waals surface area contributed by atoms with Gasteiger partial charge in [0.05, 0.1) is 11.0 Å². The molecule has 2 aromatic carbocycles. The van der Waals surface area contributed by atoms with Crippen LogP contribution in [0.5, 0.6) is 0 Å². The van der Waals surface area contributed by atoms with Crippen LogP contribution in [0.15, 0.2) is 36.4 Å². The highest BCUT2D eigenvalue weighted by atomic mass is 16.9. The number of rotatable bonds is 7. The van der Waals surface area contributed by atoms with Gasteiger partial charge in [0.15, 0.2) is 0 Å². The van der Waals surface area contributed by atoms with Crippen molar-refractivity contribution in [1.82, 2.24) is 0 Å². The first kappa shape index (κ1) is 21.9. The molecule has 0 saturated carbocycles. The molecule has 5 nitrogen and oxygen atoms in total. The molecule has 152 valence electrons. The summed E-state index contributed by atoms with van der Waals surface area (Å²) in [5.74, 6) is -0.684. The molecule has 1 unspecified atom stereocenters. The summed E-state index contributed by atoms with van der Waals surface area (Å²) in [5, 5.41) is 1.85. The van der Waals surface area contributed by atoms with Gasteiger partial charge in [-0.15, -0.1) is 0 Å². The van der Waals surface area contributed by atoms with Gasteiger partial charge in [-0.1, -0.05) is 44.2 Å². The van der Waals surface area contributed by atoms with Crippen LogP contribution in [0.3, 0.4) is 0 Å². The largest absolute Gasteiger partial charge is 0.400 e. The number of hydrogen-bond acceptors (Lipinski definition) is 5. The van der Waals surface area contributed by atoms with Crippen molar-refractivity contribution in [3.63, 3.8) is 0 Å². The fraction of sp³-hybridized carbons (Fsp3) is 0.478. The maximum absolute atomic E-state index is 12.8. The van der Waals surface area contributed by atoms with Crippen molar-refractivity contribution in [3.05, 3.63) is 47.5 Å². The zero-order valence-corrected chi connectivity index (χ0v) is 17.6. The van der Waals surface area contributed by atoms with Gasteiger partial charge in [-0.2, -0.15) is 0 Å². The molecule has 2 rings (SSSR count). The van der Waals surface area contributed by atoms with E-state index in [0.29, 0.717) is 11.5 Å². The molecule has 0 N–H and O–H groups in total. The van der Waals surface area contributed by atoms with E-state index in [-0.39, 0.29) is 0 Å². The lowest BCUT2D eigenvalue weighted by molar-refractivity contribution is -0.247. The van der Waals surface area contributed by atoms with Gasteiger partial charge in [0, 0.05) is 7.11 Å². The van der Waals surface area contributed by atoms with Crippen LogP contribution in [0, 0.1) is 5.41 Å². The van der Waals surface area contributed by atoms with Crippen molar-refractivity contribution >= 4 is 22.7 Å². The highest BCUT2D eigenvalue weighted by Crippen LogP contribution is 2.32. The summed E-state index contributed by atoms with van der Waals surface area (Å²) in [4.78, 5) is 24.8. The van der Waals surface area contributed by atoms with E-state index >= 15 is 0 Å². The zero-order valence-electron chi connectivity index (χ0n) is 17.6. The minimum absolute atomic E-state index is 0.416. The summed E-state index contributed by atoms with van der Waals surface area (Å²) in [6, 6.07) is 11.5. The predicted octanol–water partition coefficient (Wildman–Crippen LogP) is 5.42. The highest BCUT2D eigenvalue weighted by Gasteiger charge is 2.29. The van der Waals surface area contributed by atoms with E-state index in [9.17, 15) is 9.59 Å². The van der Waals surface area contributed by atoms with Gasteiger partial charge in [-0.05, 0) is 61.9 Å². The fourth-order valence-electron chi connectivity index (χ4n) is 3.12. The monoisotopic (exact) mass is 386 g/mol. The van der Waals surface area contributed by atoms with Gasteiger partial charge in [0.2, 0.25) is 0 Å². The van der Waals surface area contributed by atoms with Gasteiger partial charge in [0.25, 0.3) is 0 Å². The smallest absolute Gasteiger partial charge is 0.365 e. The molecule has 28 heavy (non-hydrogen) atoms. The van der Waals surface area contributed by atoms with Crippen LogP contribution >= 0.6 is 0 Å². The summed E-state index contributed by atoms with van der Waals surface area (Å²) in [7, 11) is 1.32. The second-order valence-electron chi connectivity index (χ2n) is 7.85. The number of methoxy groups -OCH3 is 1. The van der Waals surface area contributed by atoms with Gasteiger partial charge in [0.1, 0.15) is 0 Å². The Hall–Kier alpha value is -2.40. The van der Waals surface area contributed by atoms with E-state index in [1.54, 1.807) is 26.8 Å². The minimum Gasteiger partial charge on any atom is -0.400 e. The van der Waals surface area contributed by atoms with Crippen molar-refractivity contribution in [2.45, 2.75) is 59.9 Å². The quantitative estimate of drug-likeness (QED) is 0.470. The van der Waals surface area contributed by atoms with Crippen molar-refractivity contribution in [2.75, 3.05) is 7.11 Å². The summed E-state index contributed by atoms with van der Waals surface area (Å²) in [5.41, 5.74) is 0.908. The second kappa shape index (κ2) is 9.20. The average Bonchev–Trinajstić information content (AvgIpc) is 2.67. The van der Waals surface area contributed by atoms with E-state index in [0.717, 1.165) is 23.6 Å². The van der Waals surface area contributed by atoms with Gasteiger partial charge in [-0.25, -0.2) is 4.79 Å². The van der Waals surface area contributed by atoms with Gasteiger partial charge >= 0.3 is 18.4 Å². The molecule has 0 radical (unpaired) electrons. The van der Waals surface area contributed by atoms with E-state index in [4.69, 9.17) is 14.2 Å². The van der Waals surface area contributed by atoms with E-state index in [1.165, 1.54) is 12.7 Å². The van der Waals surface area contributed by atoms with Crippen LogP contribution in [0.1, 0.15) is 69.3 Å². The summed E-state index contributed by atoms with van der Waals surface area (Å²) >= 11 is 0. The number of fused-ring (bicyclic) bond motifs is 1. The standard InChI is InChI=1S/C23H30O5/c1-7-15(8-2)16-13-14-19(18-12-10-9-11-17(16)18)20(24)27-22(26-6)28-21(25)23(3,4)5/h9-15,22H,7-8H2,1-6H3. The number of carbonyl (C=O) groups excluding carboxylic acids is 2. The Morgan fingerprint density at radius 3 is 2.07 bits per heavy atom. The Morgan fingerprint density at radius 1 is 0.929 bits per heavy atom. The molecule has 5 heteroatoms. The molecular formula is C23H30O5. The van der Waals surface area contributed by atoms with E-state index in [2.05, 4.69) is 13.8 Å². The topological polar surface area (TPSA) is 61.8 Å². The van der Waals surface area contributed by atoms with Crippen molar-refractivity contribution in [2.24, 2.45) is 5.41 Å². The van der Waals surface area contributed by atoms with Crippen LogP contribution < -0.4 is 0 Å². The van der Waals surface area contributed by atoms with Crippen molar-refractivity contribution in [1.29, 1.82) is 0 Å². The Kier molecular flexibility index (Phi) is 7.19. The summed E-state index contributed by atoms with van der Waals surface area (Å²) in [6.07, 6.45) is 2.05.